The number of nitrogens with zero attached hydrogens (tertiary/aromatic N) is 1. The summed E-state index contributed by atoms with van der Waals surface area (Å²) in [5, 5.41) is 0. The van der Waals surface area contributed by atoms with Crippen molar-refractivity contribution < 1.29 is 23.2 Å². The number of anilines is 1. The van der Waals surface area contributed by atoms with Gasteiger partial charge in [0.15, 0.2) is 17.3 Å². The van der Waals surface area contributed by atoms with E-state index in [1.54, 1.807) is 86.4 Å². The van der Waals surface area contributed by atoms with Crippen LogP contribution in [-0.2, 0) is 4.79 Å². The fraction of sp³-hybridized carbons (Fsp3) is 0.258. The van der Waals surface area contributed by atoms with E-state index >= 15 is 4.39 Å². The molecule has 0 amide bonds. The second-order valence-corrected chi connectivity index (χ2v) is 11.0. The van der Waals surface area contributed by atoms with Crippen LogP contribution in [0.4, 0.5) is 14.5 Å². The minimum Gasteiger partial charge on any atom is -0.352 e. The Labute approximate surface area is 213 Å². The molecule has 0 unspecified atom stereocenters. The molecule has 3 atom stereocenters. The quantitative estimate of drug-likeness (QED) is 0.407. The number of hydrogen-bond acceptors (Lipinski definition) is 4. The van der Waals surface area contributed by atoms with Crippen molar-refractivity contribution in [1.29, 1.82) is 0 Å². The highest BCUT2D eigenvalue weighted by molar-refractivity contribution is 6.32. The summed E-state index contributed by atoms with van der Waals surface area (Å²) in [7, 11) is 0. The van der Waals surface area contributed by atoms with E-state index in [1.165, 1.54) is 18.2 Å². The first-order valence-corrected chi connectivity index (χ1v) is 12.3. The van der Waals surface area contributed by atoms with Crippen LogP contribution in [0.1, 0.15) is 58.5 Å². The summed E-state index contributed by atoms with van der Waals surface area (Å²) < 4.78 is 29.8. The van der Waals surface area contributed by atoms with E-state index in [0.29, 0.717) is 11.3 Å². The van der Waals surface area contributed by atoms with Crippen molar-refractivity contribution in [1.82, 2.24) is 0 Å². The number of halogens is 2. The number of carbonyl (C=O) groups is 3. The molecule has 3 aromatic rings. The Hall–Kier alpha value is -3.93. The smallest absolute Gasteiger partial charge is 0.180 e. The lowest BCUT2D eigenvalue weighted by Crippen LogP contribution is -2.49. The fourth-order valence-electron chi connectivity index (χ4n) is 6.46. The van der Waals surface area contributed by atoms with Crippen molar-refractivity contribution in [2.24, 2.45) is 10.8 Å². The molecule has 3 aromatic carbocycles. The van der Waals surface area contributed by atoms with E-state index in [2.05, 4.69) is 0 Å². The van der Waals surface area contributed by atoms with E-state index in [9.17, 15) is 18.8 Å². The monoisotopic (exact) mass is 497 g/mol. The summed E-state index contributed by atoms with van der Waals surface area (Å²) in [6.45, 7) is 5.31. The number of benzene rings is 3. The minimum atomic E-state index is -1.76. The molecule has 1 spiro atoms. The summed E-state index contributed by atoms with van der Waals surface area (Å²) in [4.78, 5) is 44.8. The Kier molecular flexibility index (Phi) is 4.94. The summed E-state index contributed by atoms with van der Waals surface area (Å²) in [6.07, 6.45) is 3.39. The Morgan fingerprint density at radius 2 is 1.51 bits per heavy atom. The van der Waals surface area contributed by atoms with Gasteiger partial charge in [-0.1, -0.05) is 75.4 Å². The van der Waals surface area contributed by atoms with Gasteiger partial charge in [0.2, 0.25) is 0 Å². The van der Waals surface area contributed by atoms with Crippen LogP contribution >= 0.6 is 0 Å². The van der Waals surface area contributed by atoms with Crippen LogP contribution in [0.5, 0.6) is 0 Å². The molecule has 6 heteroatoms. The molecule has 186 valence electrons. The first-order valence-electron chi connectivity index (χ1n) is 12.3. The number of ketones is 3. The fourth-order valence-corrected chi connectivity index (χ4v) is 6.46. The summed E-state index contributed by atoms with van der Waals surface area (Å²) >= 11 is 0. The standard InChI is InChI=1S/C31H25F2NO3/c1-30(2,3)29(37)26-25(21-10-6-7-11-22(21)33)31(27(35)19-8-4-5-9-20(19)28(31)36)24-15-12-17-16-18(32)13-14-23(17)34(24)26/h4-16,24-26H,1-3H3/t24-,25-,26+/m1/s1. The van der Waals surface area contributed by atoms with Crippen molar-refractivity contribution >= 4 is 29.1 Å². The largest absolute Gasteiger partial charge is 0.352 e. The summed E-state index contributed by atoms with van der Waals surface area (Å²) in [5.41, 5.74) is -0.879. The molecule has 0 bridgehead atoms. The maximum atomic E-state index is 15.6. The van der Waals surface area contributed by atoms with Crippen LogP contribution in [0.15, 0.2) is 72.8 Å². The lowest BCUT2D eigenvalue weighted by molar-refractivity contribution is -0.127. The summed E-state index contributed by atoms with van der Waals surface area (Å²) in [6, 6.07) is 15.0. The zero-order valence-corrected chi connectivity index (χ0v) is 20.7. The zero-order chi connectivity index (χ0) is 26.3. The molecule has 1 aliphatic carbocycles. The highest BCUT2D eigenvalue weighted by Crippen LogP contribution is 2.61. The Morgan fingerprint density at radius 3 is 2.14 bits per heavy atom. The van der Waals surface area contributed by atoms with Gasteiger partial charge in [-0.05, 0) is 29.8 Å². The molecule has 6 rings (SSSR count). The average molecular weight is 498 g/mol. The Morgan fingerprint density at radius 1 is 0.892 bits per heavy atom. The highest BCUT2D eigenvalue weighted by atomic mass is 19.1. The van der Waals surface area contributed by atoms with E-state index in [1.807, 2.05) is 0 Å². The second-order valence-electron chi connectivity index (χ2n) is 11.0. The number of fused-ring (bicyclic) bond motifs is 5. The number of rotatable bonds is 2. The van der Waals surface area contributed by atoms with Gasteiger partial charge in [-0.15, -0.1) is 0 Å². The average Bonchev–Trinajstić information content (AvgIpc) is 3.29. The van der Waals surface area contributed by atoms with Gasteiger partial charge in [-0.25, -0.2) is 8.78 Å². The molecule has 0 radical (unpaired) electrons. The number of carbonyl (C=O) groups excluding carboxylic acids is 3. The predicted molar refractivity (Wildman–Crippen MR) is 137 cm³/mol. The number of Topliss-reactive ketones (excluding diaryl/α,β-unsaturated/α-hetero) is 3. The van der Waals surface area contributed by atoms with Crippen molar-refractivity contribution in [2.45, 2.75) is 38.8 Å². The van der Waals surface area contributed by atoms with Gasteiger partial charge in [0, 0.05) is 33.7 Å². The van der Waals surface area contributed by atoms with E-state index < -0.39 is 52.0 Å². The third kappa shape index (κ3) is 3.02. The first-order chi connectivity index (χ1) is 17.6. The molecule has 3 aliphatic rings. The van der Waals surface area contributed by atoms with Crippen molar-refractivity contribution in [3.8, 4) is 0 Å². The molecule has 0 aromatic heterocycles. The third-order valence-corrected chi connectivity index (χ3v) is 8.01. The second kappa shape index (κ2) is 7.78. The Bertz CT molecular complexity index is 1500. The zero-order valence-electron chi connectivity index (χ0n) is 20.7. The van der Waals surface area contributed by atoms with Gasteiger partial charge < -0.3 is 4.90 Å². The minimum absolute atomic E-state index is 0.145. The maximum Gasteiger partial charge on any atom is 0.180 e. The highest BCUT2D eigenvalue weighted by Gasteiger charge is 2.72. The van der Waals surface area contributed by atoms with Crippen molar-refractivity contribution in [3.05, 3.63) is 107 Å². The molecular weight excluding hydrogens is 472 g/mol. The van der Waals surface area contributed by atoms with Crippen LogP contribution in [-0.4, -0.2) is 29.4 Å². The third-order valence-electron chi connectivity index (χ3n) is 8.01. The lowest BCUT2D eigenvalue weighted by Gasteiger charge is -2.38. The van der Waals surface area contributed by atoms with Gasteiger partial charge in [0.05, 0.1) is 12.1 Å². The van der Waals surface area contributed by atoms with Gasteiger partial charge in [0.25, 0.3) is 0 Å². The van der Waals surface area contributed by atoms with E-state index in [-0.39, 0.29) is 22.5 Å². The van der Waals surface area contributed by atoms with Crippen LogP contribution in [0.25, 0.3) is 6.08 Å². The predicted octanol–water partition coefficient (Wildman–Crippen LogP) is 6.01. The lowest BCUT2D eigenvalue weighted by atomic mass is 9.63. The van der Waals surface area contributed by atoms with Gasteiger partial charge in [0.1, 0.15) is 17.0 Å². The van der Waals surface area contributed by atoms with E-state index in [0.717, 1.165) is 0 Å². The van der Waals surface area contributed by atoms with Gasteiger partial charge in [-0.2, -0.15) is 0 Å². The van der Waals surface area contributed by atoms with Crippen LogP contribution in [0, 0.1) is 22.5 Å². The molecular formula is C31H25F2NO3. The first kappa shape index (κ1) is 23.5. The SMILES string of the molecule is CC(C)(C)C(=O)[C@@H]1[C@@H](c2ccccc2F)C2(C(=O)c3ccccc3C2=O)[C@H]2C=Cc3cc(F)ccc3N12. The molecule has 2 aliphatic heterocycles. The molecule has 0 saturated carbocycles. The molecule has 0 N–H and O–H groups in total. The molecule has 37 heavy (non-hydrogen) atoms. The molecule has 1 saturated heterocycles. The van der Waals surface area contributed by atoms with Gasteiger partial charge in [-0.3, -0.25) is 14.4 Å². The number of hydrogen-bond donors (Lipinski definition) is 0. The van der Waals surface area contributed by atoms with Crippen LogP contribution < -0.4 is 4.90 Å². The van der Waals surface area contributed by atoms with Gasteiger partial charge >= 0.3 is 0 Å². The van der Waals surface area contributed by atoms with Crippen LogP contribution in [0.2, 0.25) is 0 Å². The molecule has 1 fully saturated rings. The van der Waals surface area contributed by atoms with E-state index in [4.69, 9.17) is 0 Å². The molecule has 4 nitrogen and oxygen atoms in total. The Balaban J connectivity index is 1.72. The molecule has 2 heterocycles. The maximum absolute atomic E-state index is 15.6. The van der Waals surface area contributed by atoms with Crippen molar-refractivity contribution in [3.63, 3.8) is 0 Å². The normalized spacial score (nSPS) is 23.3. The van der Waals surface area contributed by atoms with Crippen molar-refractivity contribution in [2.75, 3.05) is 4.90 Å². The van der Waals surface area contributed by atoms with Crippen LogP contribution in [0.3, 0.4) is 0 Å². The topological polar surface area (TPSA) is 54.5 Å². The summed E-state index contributed by atoms with van der Waals surface area (Å²) in [5.74, 6) is -3.20.